The number of imidazole rings is 1. The molecule has 0 radical (unpaired) electrons. The number of hydrogen-bond donors (Lipinski definition) is 3. The van der Waals surface area contributed by atoms with Crippen molar-refractivity contribution in [2.24, 2.45) is 5.73 Å². The number of primary amides is 1. The fourth-order valence-corrected chi connectivity index (χ4v) is 1.20. The Bertz CT molecular complexity index is 453. The van der Waals surface area contributed by atoms with E-state index in [-0.39, 0.29) is 12.4 Å². The van der Waals surface area contributed by atoms with E-state index in [0.29, 0.717) is 11.2 Å². The molecule has 4 N–H and O–H groups in total. The van der Waals surface area contributed by atoms with Crippen LogP contribution in [0.25, 0.3) is 11.0 Å². The van der Waals surface area contributed by atoms with E-state index in [0.717, 1.165) is 5.52 Å². The van der Waals surface area contributed by atoms with Gasteiger partial charge in [0.25, 0.3) is 0 Å². The Hall–Kier alpha value is -1.75. The third-order valence-corrected chi connectivity index (χ3v) is 1.71. The molecule has 0 saturated carbocycles. The monoisotopic (exact) mass is 212 g/mol. The van der Waals surface area contributed by atoms with Gasteiger partial charge < -0.3 is 16.0 Å². The van der Waals surface area contributed by atoms with E-state index < -0.39 is 6.03 Å². The summed E-state index contributed by atoms with van der Waals surface area (Å²) in [5, 5.41) is 2.49. The second kappa shape index (κ2) is 3.97. The van der Waals surface area contributed by atoms with Crippen molar-refractivity contribution in [3.63, 3.8) is 0 Å². The molecule has 0 fully saturated rings. The summed E-state index contributed by atoms with van der Waals surface area (Å²) in [6.45, 7) is 0. The van der Waals surface area contributed by atoms with E-state index in [1.165, 1.54) is 0 Å². The first-order valence-corrected chi connectivity index (χ1v) is 3.76. The van der Waals surface area contributed by atoms with Crippen molar-refractivity contribution in [3.8, 4) is 0 Å². The van der Waals surface area contributed by atoms with Crippen LogP contribution in [0.5, 0.6) is 0 Å². The third kappa shape index (κ3) is 1.77. The lowest BCUT2D eigenvalue weighted by molar-refractivity contribution is 0.259. The summed E-state index contributed by atoms with van der Waals surface area (Å²) in [5.74, 6) is 0. The lowest BCUT2D eigenvalue weighted by atomic mass is 10.3. The maximum Gasteiger partial charge on any atom is 0.316 e. The number of anilines is 1. The molecule has 1 aromatic carbocycles. The van der Waals surface area contributed by atoms with Crippen molar-refractivity contribution in [3.05, 3.63) is 24.5 Å². The van der Waals surface area contributed by atoms with E-state index in [2.05, 4.69) is 15.3 Å². The van der Waals surface area contributed by atoms with Gasteiger partial charge in [-0.2, -0.15) is 0 Å². The van der Waals surface area contributed by atoms with Crippen LogP contribution in [0.2, 0.25) is 0 Å². The van der Waals surface area contributed by atoms with Gasteiger partial charge in [-0.15, -0.1) is 12.4 Å². The molecule has 6 heteroatoms. The van der Waals surface area contributed by atoms with Gasteiger partial charge in [-0.05, 0) is 12.1 Å². The zero-order valence-electron chi connectivity index (χ0n) is 7.15. The highest BCUT2D eigenvalue weighted by Gasteiger charge is 2.03. The topological polar surface area (TPSA) is 83.8 Å². The van der Waals surface area contributed by atoms with Gasteiger partial charge in [0.15, 0.2) is 0 Å². The van der Waals surface area contributed by atoms with Gasteiger partial charge in [0.2, 0.25) is 0 Å². The van der Waals surface area contributed by atoms with Crippen LogP contribution >= 0.6 is 12.4 Å². The van der Waals surface area contributed by atoms with E-state index in [9.17, 15) is 4.79 Å². The molecule has 1 aromatic heterocycles. The summed E-state index contributed by atoms with van der Waals surface area (Å²) >= 11 is 0. The highest BCUT2D eigenvalue weighted by molar-refractivity contribution is 5.97. The highest BCUT2D eigenvalue weighted by Crippen LogP contribution is 2.18. The van der Waals surface area contributed by atoms with Gasteiger partial charge in [0.1, 0.15) is 5.52 Å². The van der Waals surface area contributed by atoms with E-state index in [1.807, 2.05) is 12.1 Å². The summed E-state index contributed by atoms with van der Waals surface area (Å²) < 4.78 is 0. The summed E-state index contributed by atoms with van der Waals surface area (Å²) in [6.07, 6.45) is 1.57. The molecule has 14 heavy (non-hydrogen) atoms. The normalized spacial score (nSPS) is 9.43. The maximum absolute atomic E-state index is 10.6. The summed E-state index contributed by atoms with van der Waals surface area (Å²) in [6, 6.07) is 4.84. The number of urea groups is 1. The van der Waals surface area contributed by atoms with Gasteiger partial charge in [0, 0.05) is 0 Å². The number of rotatable bonds is 1. The molecule has 2 aromatic rings. The number of nitrogens with two attached hydrogens (primary N) is 1. The average molecular weight is 213 g/mol. The standard InChI is InChI=1S/C8H8N4O.ClH/c9-8(13)12-6-3-1-2-5-7(6)11-4-10-5;/h1-4H,(H,10,11)(H3,9,12,13);1H. The Kier molecular flexibility index (Phi) is 2.93. The quantitative estimate of drug-likeness (QED) is 0.669. The number of hydrogen-bond acceptors (Lipinski definition) is 2. The molecule has 0 aliphatic heterocycles. The number of aromatic amines is 1. The minimum atomic E-state index is -0.587. The molecular formula is C8H9ClN4O. The van der Waals surface area contributed by atoms with E-state index in [1.54, 1.807) is 12.4 Å². The molecule has 0 saturated heterocycles. The van der Waals surface area contributed by atoms with Crippen LogP contribution in [-0.4, -0.2) is 16.0 Å². The second-order valence-corrected chi connectivity index (χ2v) is 2.59. The van der Waals surface area contributed by atoms with Gasteiger partial charge in [-0.25, -0.2) is 9.78 Å². The number of para-hydroxylation sites is 1. The smallest absolute Gasteiger partial charge is 0.316 e. The fourth-order valence-electron chi connectivity index (χ4n) is 1.20. The number of H-pyrrole nitrogens is 1. The molecule has 0 spiro atoms. The minimum absolute atomic E-state index is 0. The fraction of sp³-hybridized carbons (Fsp3) is 0. The van der Waals surface area contributed by atoms with Crippen molar-refractivity contribution in [2.45, 2.75) is 0 Å². The van der Waals surface area contributed by atoms with Gasteiger partial charge in [-0.1, -0.05) is 6.07 Å². The summed E-state index contributed by atoms with van der Waals surface area (Å²) in [7, 11) is 0. The van der Waals surface area contributed by atoms with Gasteiger partial charge >= 0.3 is 6.03 Å². The molecule has 74 valence electrons. The van der Waals surface area contributed by atoms with Gasteiger partial charge in [-0.3, -0.25) is 0 Å². The largest absolute Gasteiger partial charge is 0.351 e. The zero-order valence-corrected chi connectivity index (χ0v) is 7.97. The van der Waals surface area contributed by atoms with Crippen LogP contribution in [0.1, 0.15) is 0 Å². The van der Waals surface area contributed by atoms with Crippen LogP contribution in [0.3, 0.4) is 0 Å². The van der Waals surface area contributed by atoms with Gasteiger partial charge in [0.05, 0.1) is 17.5 Å². The lowest BCUT2D eigenvalue weighted by Crippen LogP contribution is -2.19. The Balaban J connectivity index is 0.000000980. The number of amides is 2. The number of halogens is 1. The molecule has 0 aliphatic carbocycles. The van der Waals surface area contributed by atoms with Crippen molar-refractivity contribution in [1.29, 1.82) is 0 Å². The molecule has 0 atom stereocenters. The highest BCUT2D eigenvalue weighted by atomic mass is 35.5. The Morgan fingerprint density at radius 2 is 2.29 bits per heavy atom. The van der Waals surface area contributed by atoms with Crippen LogP contribution in [-0.2, 0) is 0 Å². The minimum Gasteiger partial charge on any atom is -0.351 e. The molecule has 0 bridgehead atoms. The summed E-state index contributed by atoms with van der Waals surface area (Å²) in [4.78, 5) is 17.6. The molecule has 0 aliphatic rings. The lowest BCUT2D eigenvalue weighted by Gasteiger charge is -2.00. The van der Waals surface area contributed by atoms with Crippen molar-refractivity contribution >= 4 is 35.2 Å². The SMILES string of the molecule is Cl.NC(=O)Nc1cccc2[nH]cnc12. The molecule has 0 unspecified atom stereocenters. The average Bonchev–Trinajstić information content (AvgIpc) is 2.51. The number of fused-ring (bicyclic) bond motifs is 1. The Morgan fingerprint density at radius 1 is 1.50 bits per heavy atom. The molecule has 1 heterocycles. The number of aromatic nitrogens is 2. The number of carbonyl (C=O) groups is 1. The Morgan fingerprint density at radius 3 is 3.00 bits per heavy atom. The third-order valence-electron chi connectivity index (χ3n) is 1.71. The Labute approximate surface area is 86.1 Å². The first-order chi connectivity index (χ1) is 6.27. The molecule has 2 amide bonds. The zero-order chi connectivity index (χ0) is 9.26. The van der Waals surface area contributed by atoms with E-state index in [4.69, 9.17) is 5.73 Å². The van der Waals surface area contributed by atoms with Crippen molar-refractivity contribution in [2.75, 3.05) is 5.32 Å². The predicted octanol–water partition coefficient (Wildman–Crippen LogP) is 1.48. The van der Waals surface area contributed by atoms with E-state index >= 15 is 0 Å². The molecule has 5 nitrogen and oxygen atoms in total. The molecular weight excluding hydrogens is 204 g/mol. The number of benzene rings is 1. The maximum atomic E-state index is 10.6. The number of nitrogens with one attached hydrogen (secondary N) is 2. The van der Waals surface area contributed by atoms with Crippen molar-refractivity contribution in [1.82, 2.24) is 9.97 Å². The predicted molar refractivity (Wildman–Crippen MR) is 56.5 cm³/mol. The van der Waals surface area contributed by atoms with Crippen LogP contribution < -0.4 is 11.1 Å². The van der Waals surface area contributed by atoms with Crippen LogP contribution in [0.4, 0.5) is 10.5 Å². The first kappa shape index (κ1) is 10.3. The number of carbonyl (C=O) groups excluding carboxylic acids is 1. The van der Waals surface area contributed by atoms with Crippen molar-refractivity contribution < 1.29 is 4.79 Å². The second-order valence-electron chi connectivity index (χ2n) is 2.59. The summed E-state index contributed by atoms with van der Waals surface area (Å²) in [5.41, 5.74) is 7.19. The van der Waals surface area contributed by atoms with Crippen LogP contribution in [0.15, 0.2) is 24.5 Å². The van der Waals surface area contributed by atoms with Crippen LogP contribution in [0, 0.1) is 0 Å². The first-order valence-electron chi connectivity index (χ1n) is 3.76. The number of nitrogens with zero attached hydrogens (tertiary/aromatic N) is 1. The molecule has 2 rings (SSSR count).